The molecule has 1 saturated carbocycles. The van der Waals surface area contributed by atoms with Crippen molar-refractivity contribution in [1.29, 1.82) is 0 Å². The quantitative estimate of drug-likeness (QED) is 0.0222. The Morgan fingerprint density at radius 3 is 2.30 bits per heavy atom. The molecule has 6 aromatic carbocycles. The number of oxime groups is 1. The third-order valence-corrected chi connectivity index (χ3v) is 14.3. The van der Waals surface area contributed by atoms with Crippen LogP contribution in [0, 0.1) is 33.7 Å². The molecule has 6 unspecified atom stereocenters. The number of carbonyl (C=O) groups excluding carboxylic acids is 1. The third kappa shape index (κ3) is 11.4. The van der Waals surface area contributed by atoms with Gasteiger partial charge >= 0.3 is 0 Å². The molecule has 0 saturated heterocycles. The van der Waals surface area contributed by atoms with Gasteiger partial charge in [-0.25, -0.2) is 4.39 Å². The highest BCUT2D eigenvalue weighted by atomic mass is 19.1. The average molecular weight is 986 g/mol. The first-order valence-corrected chi connectivity index (χ1v) is 25.1. The molecule has 6 aromatic rings. The number of nitro groups is 1. The Balaban J connectivity index is 1.24. The Bertz CT molecular complexity index is 2980. The summed E-state index contributed by atoms with van der Waals surface area (Å²) in [6, 6.07) is 40.7. The van der Waals surface area contributed by atoms with Crippen LogP contribution in [0.2, 0.25) is 0 Å². The van der Waals surface area contributed by atoms with Gasteiger partial charge < -0.3 is 34.2 Å². The maximum atomic E-state index is 15.3. The van der Waals surface area contributed by atoms with Gasteiger partial charge in [0, 0.05) is 55.9 Å². The number of halogens is 1. The second-order valence-electron chi connectivity index (χ2n) is 18.9. The molecule has 3 aliphatic rings. The maximum absolute atomic E-state index is 15.3. The number of amides is 1. The van der Waals surface area contributed by atoms with E-state index in [1.807, 2.05) is 78.9 Å². The van der Waals surface area contributed by atoms with E-state index in [-0.39, 0.29) is 62.8 Å². The lowest BCUT2D eigenvalue weighted by Gasteiger charge is -2.60. The van der Waals surface area contributed by atoms with Gasteiger partial charge in [-0.1, -0.05) is 103 Å². The van der Waals surface area contributed by atoms with E-state index in [0.29, 0.717) is 46.9 Å². The number of hydrogen-bond acceptors (Lipinski definition) is 10. The molecule has 6 atom stereocenters. The second-order valence-corrected chi connectivity index (χ2v) is 18.9. The molecule has 0 radical (unpaired) electrons. The standard InChI is InChI=1S/C60H60FN3O9/c1-2-34-70-60-56(63(39-42-18-24-47(61)25-19-42)57(67)31-22-41-20-26-48(27-21-41)64(68)69)38-54(62-71-40-43-12-4-3-5-13-43)52-36-46(16-8-10-32-65)51(17-9-11-33-66)58(59(52)60)53-37-50(29-30-55(53)73-60)72-49-28-23-44-14-6-7-15-45(44)35-49/h2-7,12-15,18-31,35-37,46,51,56,58-59,65-66H,1,8-11,16-17,32-34,38-40H2. The summed E-state index contributed by atoms with van der Waals surface area (Å²) in [5.74, 6) is -1.58. The summed E-state index contributed by atoms with van der Waals surface area (Å²) in [6.45, 7) is 4.41. The van der Waals surface area contributed by atoms with E-state index in [4.69, 9.17) is 24.2 Å². The van der Waals surface area contributed by atoms with Crippen LogP contribution in [-0.2, 0) is 27.5 Å². The highest BCUT2D eigenvalue weighted by Crippen LogP contribution is 2.62. The average Bonchev–Trinajstić information content (AvgIpc) is 3.41. The van der Waals surface area contributed by atoms with Crippen molar-refractivity contribution in [2.45, 2.75) is 75.8 Å². The number of nitro benzene ring substituents is 1. The summed E-state index contributed by atoms with van der Waals surface area (Å²) >= 11 is 0. The molecular weight excluding hydrogens is 926 g/mol. The fourth-order valence-corrected chi connectivity index (χ4v) is 10.9. The van der Waals surface area contributed by atoms with E-state index < -0.39 is 34.4 Å². The van der Waals surface area contributed by atoms with E-state index in [9.17, 15) is 24.7 Å². The monoisotopic (exact) mass is 985 g/mol. The first-order chi connectivity index (χ1) is 35.7. The van der Waals surface area contributed by atoms with Gasteiger partial charge in [-0.05, 0) is 131 Å². The van der Waals surface area contributed by atoms with Crippen molar-refractivity contribution >= 4 is 34.2 Å². The zero-order valence-corrected chi connectivity index (χ0v) is 40.6. The molecule has 0 aromatic heterocycles. The number of aliphatic hydroxyl groups excluding tert-OH is 2. The van der Waals surface area contributed by atoms with Crippen molar-refractivity contribution in [3.63, 3.8) is 0 Å². The maximum Gasteiger partial charge on any atom is 0.269 e. The molecule has 9 rings (SSSR count). The minimum Gasteiger partial charge on any atom is -0.459 e. The van der Waals surface area contributed by atoms with Crippen LogP contribution < -0.4 is 9.47 Å². The number of benzene rings is 6. The van der Waals surface area contributed by atoms with Crippen molar-refractivity contribution < 1.29 is 43.4 Å². The van der Waals surface area contributed by atoms with E-state index in [2.05, 4.69) is 24.8 Å². The number of unbranched alkanes of at least 4 members (excludes halogenated alkanes) is 2. The van der Waals surface area contributed by atoms with Gasteiger partial charge in [0.25, 0.3) is 5.69 Å². The molecule has 1 heterocycles. The fraction of sp³-hybridized carbons (Fsp3) is 0.300. The van der Waals surface area contributed by atoms with Crippen LogP contribution in [-0.4, -0.2) is 63.3 Å². The number of ether oxygens (including phenoxy) is 3. The number of rotatable bonds is 22. The lowest BCUT2D eigenvalue weighted by Crippen LogP contribution is -2.70. The lowest BCUT2D eigenvalue weighted by atomic mass is 9.55. The lowest BCUT2D eigenvalue weighted by molar-refractivity contribution is -0.384. The molecule has 12 nitrogen and oxygen atoms in total. The van der Waals surface area contributed by atoms with Gasteiger partial charge in [0.15, 0.2) is 0 Å². The Kier molecular flexibility index (Phi) is 16.2. The van der Waals surface area contributed by atoms with Crippen molar-refractivity contribution in [2.75, 3.05) is 19.8 Å². The zero-order valence-electron chi connectivity index (χ0n) is 40.6. The Morgan fingerprint density at radius 1 is 0.849 bits per heavy atom. The van der Waals surface area contributed by atoms with E-state index >= 15 is 4.79 Å². The summed E-state index contributed by atoms with van der Waals surface area (Å²) in [5, 5.41) is 38.8. The largest absolute Gasteiger partial charge is 0.459 e. The predicted molar refractivity (Wildman–Crippen MR) is 279 cm³/mol. The minimum atomic E-state index is -1.58. The molecule has 0 bridgehead atoms. The smallest absolute Gasteiger partial charge is 0.269 e. The molecule has 0 spiro atoms. The summed E-state index contributed by atoms with van der Waals surface area (Å²) in [5.41, 5.74) is 4.43. The number of fused-ring (bicyclic) bond motifs is 3. The molecule has 1 fully saturated rings. The third-order valence-electron chi connectivity index (χ3n) is 14.3. The van der Waals surface area contributed by atoms with Gasteiger partial charge in [-0.2, -0.15) is 0 Å². The molecule has 1 amide bonds. The summed E-state index contributed by atoms with van der Waals surface area (Å²) in [4.78, 5) is 34.3. The Labute approximate surface area is 424 Å². The first kappa shape index (κ1) is 50.5. The van der Waals surface area contributed by atoms with Crippen LogP contribution in [0.4, 0.5) is 10.1 Å². The van der Waals surface area contributed by atoms with Crippen LogP contribution in [0.3, 0.4) is 0 Å². The molecule has 13 heteroatoms. The number of hydrogen-bond donors (Lipinski definition) is 2. The van der Waals surface area contributed by atoms with Crippen LogP contribution in [0.5, 0.6) is 17.2 Å². The highest BCUT2D eigenvalue weighted by Gasteiger charge is 2.65. The fourth-order valence-electron chi connectivity index (χ4n) is 10.9. The first-order valence-electron chi connectivity index (χ1n) is 25.1. The molecule has 2 N–H and O–H groups in total. The summed E-state index contributed by atoms with van der Waals surface area (Å²) < 4.78 is 35.9. The Hall–Kier alpha value is -7.45. The zero-order chi connectivity index (χ0) is 50.7. The minimum absolute atomic E-state index is 0.00735. The summed E-state index contributed by atoms with van der Waals surface area (Å²) in [7, 11) is 0. The van der Waals surface area contributed by atoms with Crippen molar-refractivity contribution in [3.8, 4) is 17.2 Å². The number of aliphatic hydroxyl groups is 2. The van der Waals surface area contributed by atoms with Crippen LogP contribution >= 0.6 is 0 Å². The van der Waals surface area contributed by atoms with Crippen LogP contribution in [0.15, 0.2) is 175 Å². The number of carbonyl (C=O) groups is 1. The van der Waals surface area contributed by atoms with E-state index in [0.717, 1.165) is 53.2 Å². The molecule has 73 heavy (non-hydrogen) atoms. The van der Waals surface area contributed by atoms with Gasteiger partial charge in [0.05, 0.1) is 23.2 Å². The van der Waals surface area contributed by atoms with Gasteiger partial charge in [-0.15, -0.1) is 6.58 Å². The van der Waals surface area contributed by atoms with Gasteiger partial charge in [-0.3, -0.25) is 14.9 Å². The number of allylic oxidation sites excluding steroid dienone is 1. The second kappa shape index (κ2) is 23.4. The summed E-state index contributed by atoms with van der Waals surface area (Å²) in [6.07, 6.45) is 11.4. The van der Waals surface area contributed by atoms with Gasteiger partial charge in [0.2, 0.25) is 11.7 Å². The molecule has 376 valence electrons. The molecule has 1 aliphatic heterocycles. The topological polar surface area (TPSA) is 153 Å². The Morgan fingerprint density at radius 2 is 1.56 bits per heavy atom. The molecular formula is C60H60FN3O9. The predicted octanol–water partition coefficient (Wildman–Crippen LogP) is 12.3. The van der Waals surface area contributed by atoms with Crippen molar-refractivity contribution in [1.82, 2.24) is 4.90 Å². The van der Waals surface area contributed by atoms with Crippen LogP contribution in [0.1, 0.15) is 73.1 Å². The van der Waals surface area contributed by atoms with E-state index in [1.54, 1.807) is 41.3 Å². The van der Waals surface area contributed by atoms with Gasteiger partial charge in [0.1, 0.15) is 35.7 Å². The SMILES string of the molecule is C=CCOC12Oc3ccc(Oc4ccc5ccccc5c4)cc3C3C(CCCCO)C(CCCCO)C=C(C(=NOCc4ccccc4)CC1N(Cc1ccc(F)cc1)C(=O)C=Cc1ccc([N+](=O)[O-])cc1)C32. The van der Waals surface area contributed by atoms with Crippen molar-refractivity contribution in [2.24, 2.45) is 22.9 Å². The normalized spacial score (nSPS) is 21.4. The van der Waals surface area contributed by atoms with Crippen LogP contribution in [0.25, 0.3) is 16.8 Å². The van der Waals surface area contributed by atoms with Crippen molar-refractivity contribution in [3.05, 3.63) is 208 Å². The molecule has 2 aliphatic carbocycles. The van der Waals surface area contributed by atoms with E-state index in [1.165, 1.54) is 30.3 Å². The number of non-ortho nitro benzene ring substituents is 1. The number of nitrogens with zero attached hydrogens (tertiary/aromatic N) is 3. The highest BCUT2D eigenvalue weighted by molar-refractivity contribution is 6.03.